The van der Waals surface area contributed by atoms with Crippen LogP contribution in [0, 0.1) is 5.82 Å². The van der Waals surface area contributed by atoms with Gasteiger partial charge in [-0.2, -0.15) is 0 Å². The van der Waals surface area contributed by atoms with E-state index in [9.17, 15) is 9.18 Å². The van der Waals surface area contributed by atoms with Crippen LogP contribution < -0.4 is 10.6 Å². The van der Waals surface area contributed by atoms with E-state index in [1.54, 1.807) is 19.2 Å². The van der Waals surface area contributed by atoms with E-state index in [-0.39, 0.29) is 23.3 Å². The van der Waals surface area contributed by atoms with Crippen LogP contribution in [0.3, 0.4) is 0 Å². The molecular formula is C19H24FN5O. The molecule has 0 radical (unpaired) electrons. The van der Waals surface area contributed by atoms with E-state index >= 15 is 0 Å². The number of nitrogens with one attached hydrogen (secondary N) is 2. The predicted molar refractivity (Wildman–Crippen MR) is 98.9 cm³/mol. The van der Waals surface area contributed by atoms with Crippen molar-refractivity contribution in [3.8, 4) is 0 Å². The van der Waals surface area contributed by atoms with Gasteiger partial charge in [0.1, 0.15) is 17.3 Å². The monoisotopic (exact) mass is 357 g/mol. The molecule has 1 fully saturated rings. The molecule has 1 aromatic heterocycles. The number of anilines is 1. The Morgan fingerprint density at radius 2 is 2.08 bits per heavy atom. The third-order valence-corrected chi connectivity index (χ3v) is 4.77. The maximum atomic E-state index is 13.3. The van der Waals surface area contributed by atoms with Gasteiger partial charge in [-0.25, -0.2) is 14.4 Å². The molecule has 0 saturated carbocycles. The summed E-state index contributed by atoms with van der Waals surface area (Å²) in [7, 11) is 3.65. The van der Waals surface area contributed by atoms with Crippen LogP contribution in [0.2, 0.25) is 0 Å². The summed E-state index contributed by atoms with van der Waals surface area (Å²) in [6, 6.07) is 6.63. The zero-order valence-corrected chi connectivity index (χ0v) is 15.3. The zero-order chi connectivity index (χ0) is 18.7. The molecule has 1 aromatic carbocycles. The number of hydrogen-bond donors (Lipinski definition) is 2. The average Bonchev–Trinajstić information content (AvgIpc) is 3.06. The summed E-state index contributed by atoms with van der Waals surface area (Å²) >= 11 is 0. The van der Waals surface area contributed by atoms with Gasteiger partial charge in [-0.15, -0.1) is 0 Å². The van der Waals surface area contributed by atoms with Gasteiger partial charge in [0.25, 0.3) is 5.91 Å². The Morgan fingerprint density at radius 3 is 2.69 bits per heavy atom. The summed E-state index contributed by atoms with van der Waals surface area (Å²) < 4.78 is 13.3. The molecular weight excluding hydrogens is 333 g/mol. The lowest BCUT2D eigenvalue weighted by molar-refractivity contribution is 0.0957. The fourth-order valence-corrected chi connectivity index (χ4v) is 3.21. The van der Waals surface area contributed by atoms with Crippen molar-refractivity contribution < 1.29 is 9.18 Å². The molecule has 2 N–H and O–H groups in total. The van der Waals surface area contributed by atoms with E-state index < -0.39 is 0 Å². The van der Waals surface area contributed by atoms with Crippen LogP contribution in [0.1, 0.15) is 41.0 Å². The molecule has 138 valence electrons. The second kappa shape index (κ2) is 7.78. The first-order valence-electron chi connectivity index (χ1n) is 8.77. The topological polar surface area (TPSA) is 70.2 Å². The van der Waals surface area contributed by atoms with Crippen LogP contribution in [-0.4, -0.2) is 54.0 Å². The highest BCUT2D eigenvalue weighted by molar-refractivity contribution is 5.92. The second-order valence-electron chi connectivity index (χ2n) is 6.73. The quantitative estimate of drug-likeness (QED) is 0.859. The van der Waals surface area contributed by atoms with Crippen LogP contribution in [0.15, 0.2) is 30.5 Å². The molecule has 1 aliphatic rings. The van der Waals surface area contributed by atoms with Crippen molar-refractivity contribution in [2.75, 3.05) is 32.5 Å². The van der Waals surface area contributed by atoms with Crippen molar-refractivity contribution in [2.24, 2.45) is 0 Å². The molecule has 7 heteroatoms. The predicted octanol–water partition coefficient (Wildman–Crippen LogP) is 2.24. The van der Waals surface area contributed by atoms with Crippen molar-refractivity contribution in [3.63, 3.8) is 0 Å². The Balaban J connectivity index is 1.95. The molecule has 1 aliphatic heterocycles. The minimum Gasteiger partial charge on any atom is -0.364 e. The van der Waals surface area contributed by atoms with Crippen LogP contribution in [-0.2, 0) is 0 Å². The van der Waals surface area contributed by atoms with E-state index in [0.717, 1.165) is 25.1 Å². The summed E-state index contributed by atoms with van der Waals surface area (Å²) in [6.45, 7) is 3.95. The van der Waals surface area contributed by atoms with Gasteiger partial charge in [0.05, 0.1) is 11.9 Å². The Morgan fingerprint density at radius 1 is 1.35 bits per heavy atom. The number of halogens is 1. The average molecular weight is 357 g/mol. The van der Waals surface area contributed by atoms with Gasteiger partial charge < -0.3 is 15.5 Å². The molecule has 1 amide bonds. The molecule has 0 spiro atoms. The van der Waals surface area contributed by atoms with Crippen molar-refractivity contribution in [2.45, 2.75) is 25.3 Å². The van der Waals surface area contributed by atoms with Crippen LogP contribution in [0.5, 0.6) is 0 Å². The number of rotatable bonds is 5. The molecule has 2 atom stereocenters. The van der Waals surface area contributed by atoms with E-state index in [4.69, 9.17) is 0 Å². The van der Waals surface area contributed by atoms with Crippen LogP contribution >= 0.6 is 0 Å². The van der Waals surface area contributed by atoms with Gasteiger partial charge in [0.15, 0.2) is 0 Å². The fraction of sp³-hybridized carbons (Fsp3) is 0.421. The molecule has 2 heterocycles. The lowest BCUT2D eigenvalue weighted by atomic mass is 9.97. The summed E-state index contributed by atoms with van der Waals surface area (Å²) in [5.41, 5.74) is 1.87. The summed E-state index contributed by atoms with van der Waals surface area (Å²) in [6.07, 6.45) is 2.51. The molecule has 1 saturated heterocycles. The number of hydrogen-bond acceptors (Lipinski definition) is 5. The van der Waals surface area contributed by atoms with E-state index in [1.165, 1.54) is 18.3 Å². The van der Waals surface area contributed by atoms with Gasteiger partial charge >= 0.3 is 0 Å². The van der Waals surface area contributed by atoms with Gasteiger partial charge in [0, 0.05) is 25.6 Å². The molecule has 26 heavy (non-hydrogen) atoms. The number of benzene rings is 1. The third-order valence-electron chi connectivity index (χ3n) is 4.77. The molecule has 0 bridgehead atoms. The maximum absolute atomic E-state index is 13.3. The van der Waals surface area contributed by atoms with E-state index in [0.29, 0.717) is 17.6 Å². The van der Waals surface area contributed by atoms with Crippen molar-refractivity contribution in [1.82, 2.24) is 20.2 Å². The molecule has 0 aliphatic carbocycles. The normalized spacial score (nSPS) is 18.5. The highest BCUT2D eigenvalue weighted by Gasteiger charge is 2.24. The number of carbonyl (C=O) groups is 1. The largest absolute Gasteiger partial charge is 0.364 e. The number of amides is 1. The molecule has 2 aromatic rings. The Labute approximate surface area is 152 Å². The van der Waals surface area contributed by atoms with Gasteiger partial charge in [-0.3, -0.25) is 4.79 Å². The first-order valence-corrected chi connectivity index (χ1v) is 8.77. The smallest absolute Gasteiger partial charge is 0.271 e. The van der Waals surface area contributed by atoms with E-state index in [1.807, 2.05) is 6.92 Å². The minimum atomic E-state index is -0.280. The van der Waals surface area contributed by atoms with Crippen LogP contribution in [0.4, 0.5) is 10.2 Å². The summed E-state index contributed by atoms with van der Waals surface area (Å²) in [4.78, 5) is 23.3. The van der Waals surface area contributed by atoms with Gasteiger partial charge in [-0.1, -0.05) is 19.1 Å². The number of likely N-dealkylation sites (tertiary alicyclic amines) is 1. The molecule has 3 rings (SSSR count). The standard InChI is InChI=1S/C19H24FN5O/c1-12(13-4-6-14(20)7-5-13)17-18(23-15-8-9-25(3)11-15)22-10-16(24-17)19(26)21-2/h4-7,10,12,15H,8-9,11H2,1-3H3,(H,21,26)(H,22,23)/t12-,15?/m1/s1. The highest BCUT2D eigenvalue weighted by atomic mass is 19.1. The van der Waals surface area contributed by atoms with Crippen LogP contribution in [0.25, 0.3) is 0 Å². The van der Waals surface area contributed by atoms with Crippen molar-refractivity contribution in [1.29, 1.82) is 0 Å². The summed E-state index contributed by atoms with van der Waals surface area (Å²) in [5, 5.41) is 6.04. The minimum absolute atomic E-state index is 0.130. The third kappa shape index (κ3) is 3.99. The SMILES string of the molecule is CNC(=O)c1cnc(NC2CCN(C)C2)c([C@H](C)c2ccc(F)cc2)n1. The van der Waals surface area contributed by atoms with Gasteiger partial charge in [0.2, 0.25) is 0 Å². The maximum Gasteiger partial charge on any atom is 0.271 e. The lowest BCUT2D eigenvalue weighted by Gasteiger charge is -2.20. The van der Waals surface area contributed by atoms with Crippen molar-refractivity contribution >= 4 is 11.7 Å². The molecule has 6 nitrogen and oxygen atoms in total. The number of carbonyl (C=O) groups excluding carboxylic acids is 1. The number of aromatic nitrogens is 2. The highest BCUT2D eigenvalue weighted by Crippen LogP contribution is 2.28. The Hall–Kier alpha value is -2.54. The Bertz CT molecular complexity index is 780. The molecule has 1 unspecified atom stereocenters. The zero-order valence-electron chi connectivity index (χ0n) is 15.3. The summed E-state index contributed by atoms with van der Waals surface area (Å²) in [5.74, 6) is -0.0141. The Kier molecular flexibility index (Phi) is 5.46. The second-order valence-corrected chi connectivity index (χ2v) is 6.73. The first kappa shape index (κ1) is 18.3. The number of likely N-dealkylation sites (N-methyl/N-ethyl adjacent to an activating group) is 1. The number of nitrogens with zero attached hydrogens (tertiary/aromatic N) is 3. The fourth-order valence-electron chi connectivity index (χ4n) is 3.21. The first-order chi connectivity index (χ1) is 12.5. The van der Waals surface area contributed by atoms with Crippen molar-refractivity contribution in [3.05, 3.63) is 53.2 Å². The lowest BCUT2D eigenvalue weighted by Crippen LogP contribution is -2.26. The van der Waals surface area contributed by atoms with Gasteiger partial charge in [-0.05, 0) is 37.7 Å². The van der Waals surface area contributed by atoms with E-state index in [2.05, 4.69) is 32.5 Å².